The minimum atomic E-state index is -0.386. The first-order valence-corrected chi connectivity index (χ1v) is 8.16. The van der Waals surface area contributed by atoms with Crippen LogP contribution in [-0.4, -0.2) is 22.2 Å². The molecule has 1 saturated heterocycles. The van der Waals surface area contributed by atoms with Gasteiger partial charge in [0, 0.05) is 18.4 Å². The zero-order valence-corrected chi connectivity index (χ0v) is 13.1. The second-order valence-corrected chi connectivity index (χ2v) is 6.46. The van der Waals surface area contributed by atoms with Crippen LogP contribution >= 0.6 is 11.8 Å². The number of carbonyl (C=O) groups excluding carboxylic acids is 3. The third-order valence-corrected chi connectivity index (χ3v) is 4.62. The zero-order valence-electron chi connectivity index (χ0n) is 12.3. The molecular formula is C17H15NO4S. The first-order valence-electron chi connectivity index (χ1n) is 7.28. The summed E-state index contributed by atoms with van der Waals surface area (Å²) in [6, 6.07) is 10.8. The summed E-state index contributed by atoms with van der Waals surface area (Å²) in [7, 11) is 0. The number of rotatable bonds is 6. The van der Waals surface area contributed by atoms with E-state index in [2.05, 4.69) is 5.32 Å². The van der Waals surface area contributed by atoms with Crippen molar-refractivity contribution in [3.8, 4) is 0 Å². The molecule has 0 radical (unpaired) electrons. The number of carbonyl (C=O) groups is 3. The summed E-state index contributed by atoms with van der Waals surface area (Å²) in [4.78, 5) is 34.8. The van der Waals surface area contributed by atoms with Gasteiger partial charge in [-0.2, -0.15) is 0 Å². The lowest BCUT2D eigenvalue weighted by atomic mass is 10.0. The van der Waals surface area contributed by atoms with Crippen LogP contribution in [0, 0.1) is 0 Å². The van der Waals surface area contributed by atoms with Gasteiger partial charge in [0.05, 0.1) is 11.5 Å². The molecule has 1 aromatic carbocycles. The molecule has 1 aromatic heterocycles. The van der Waals surface area contributed by atoms with Crippen LogP contribution in [0.2, 0.25) is 0 Å². The van der Waals surface area contributed by atoms with E-state index in [0.717, 1.165) is 23.1 Å². The number of aryl methyl sites for hydroxylation is 1. The summed E-state index contributed by atoms with van der Waals surface area (Å²) >= 11 is 1.01. The van der Waals surface area contributed by atoms with Crippen LogP contribution in [-0.2, 0) is 17.6 Å². The Labute approximate surface area is 137 Å². The molecule has 3 rings (SSSR count). The number of benzene rings is 1. The van der Waals surface area contributed by atoms with Crippen LogP contribution in [0.4, 0.5) is 4.79 Å². The molecule has 1 N–H and O–H groups in total. The molecule has 1 aliphatic heterocycles. The number of thioether (sulfide) groups is 1. The Morgan fingerprint density at radius 2 is 1.96 bits per heavy atom. The van der Waals surface area contributed by atoms with E-state index in [9.17, 15) is 14.4 Å². The van der Waals surface area contributed by atoms with E-state index < -0.39 is 0 Å². The molecule has 23 heavy (non-hydrogen) atoms. The van der Waals surface area contributed by atoms with Gasteiger partial charge in [-0.15, -0.1) is 0 Å². The third kappa shape index (κ3) is 3.90. The van der Waals surface area contributed by atoms with Crippen LogP contribution in [0.25, 0.3) is 0 Å². The summed E-state index contributed by atoms with van der Waals surface area (Å²) in [6.07, 6.45) is 3.04. The van der Waals surface area contributed by atoms with E-state index in [0.29, 0.717) is 24.8 Å². The Kier molecular flexibility index (Phi) is 4.62. The highest BCUT2D eigenvalue weighted by Gasteiger charge is 2.31. The summed E-state index contributed by atoms with van der Waals surface area (Å²) < 4.78 is 5.21. The SMILES string of the molecule is O=C1NC(=O)C(Cc2ccc(C(=O)CCc3ccco3)cc2)S1. The van der Waals surface area contributed by atoms with Crippen molar-refractivity contribution >= 4 is 28.7 Å². The van der Waals surface area contributed by atoms with Crippen molar-refractivity contribution < 1.29 is 18.8 Å². The fourth-order valence-electron chi connectivity index (χ4n) is 2.40. The van der Waals surface area contributed by atoms with Crippen molar-refractivity contribution in [1.82, 2.24) is 5.32 Å². The van der Waals surface area contributed by atoms with E-state index in [1.54, 1.807) is 24.5 Å². The zero-order chi connectivity index (χ0) is 16.2. The maximum absolute atomic E-state index is 12.1. The molecule has 6 heteroatoms. The van der Waals surface area contributed by atoms with Crippen LogP contribution < -0.4 is 5.32 Å². The quantitative estimate of drug-likeness (QED) is 0.825. The Balaban J connectivity index is 1.57. The predicted molar refractivity (Wildman–Crippen MR) is 86.4 cm³/mol. The molecular weight excluding hydrogens is 314 g/mol. The maximum Gasteiger partial charge on any atom is 0.286 e. The number of nitrogens with one attached hydrogen (secondary N) is 1. The Bertz CT molecular complexity index is 722. The Morgan fingerprint density at radius 3 is 2.57 bits per heavy atom. The van der Waals surface area contributed by atoms with Gasteiger partial charge < -0.3 is 4.42 Å². The van der Waals surface area contributed by atoms with Crippen LogP contribution in [0.3, 0.4) is 0 Å². The van der Waals surface area contributed by atoms with Gasteiger partial charge in [0.2, 0.25) is 5.91 Å². The molecule has 1 aliphatic rings. The summed E-state index contributed by atoms with van der Waals surface area (Å²) in [5, 5.41) is 1.58. The number of hydrogen-bond acceptors (Lipinski definition) is 5. The lowest BCUT2D eigenvalue weighted by molar-refractivity contribution is -0.118. The van der Waals surface area contributed by atoms with Gasteiger partial charge in [0.25, 0.3) is 5.24 Å². The molecule has 1 atom stereocenters. The van der Waals surface area contributed by atoms with Crippen molar-refractivity contribution in [2.45, 2.75) is 24.5 Å². The maximum atomic E-state index is 12.1. The molecule has 2 aromatic rings. The third-order valence-electron chi connectivity index (χ3n) is 3.64. The minimum Gasteiger partial charge on any atom is -0.469 e. The van der Waals surface area contributed by atoms with E-state index in [4.69, 9.17) is 4.42 Å². The Hall–Kier alpha value is -2.34. The lowest BCUT2D eigenvalue weighted by Crippen LogP contribution is -2.25. The normalized spacial score (nSPS) is 17.3. The lowest BCUT2D eigenvalue weighted by Gasteiger charge is -2.06. The number of furan rings is 1. The first kappa shape index (κ1) is 15.6. The molecule has 0 saturated carbocycles. The van der Waals surface area contributed by atoms with Gasteiger partial charge in [-0.05, 0) is 24.1 Å². The van der Waals surface area contributed by atoms with Gasteiger partial charge >= 0.3 is 0 Å². The molecule has 0 aliphatic carbocycles. The average molecular weight is 329 g/mol. The van der Waals surface area contributed by atoms with Gasteiger partial charge in [-0.25, -0.2) is 0 Å². The highest BCUT2D eigenvalue weighted by molar-refractivity contribution is 8.15. The average Bonchev–Trinajstić information content (AvgIpc) is 3.16. The predicted octanol–water partition coefficient (Wildman–Crippen LogP) is 2.99. The number of amides is 2. The molecule has 1 fully saturated rings. The van der Waals surface area contributed by atoms with E-state index >= 15 is 0 Å². The van der Waals surface area contributed by atoms with Crippen molar-refractivity contribution in [3.63, 3.8) is 0 Å². The van der Waals surface area contributed by atoms with Gasteiger partial charge in [0.1, 0.15) is 5.76 Å². The molecule has 2 amide bonds. The fourth-order valence-corrected chi connectivity index (χ4v) is 3.26. The molecule has 5 nitrogen and oxygen atoms in total. The number of imide groups is 1. The van der Waals surface area contributed by atoms with Crippen molar-refractivity contribution in [3.05, 3.63) is 59.5 Å². The first-order chi connectivity index (χ1) is 11.1. The van der Waals surface area contributed by atoms with E-state index in [1.807, 2.05) is 18.2 Å². The highest BCUT2D eigenvalue weighted by Crippen LogP contribution is 2.23. The van der Waals surface area contributed by atoms with Gasteiger partial charge in [0.15, 0.2) is 5.78 Å². The standard InChI is InChI=1S/C17H15NO4S/c19-14(8-7-13-2-1-9-22-13)12-5-3-11(4-6-12)10-15-16(20)18-17(21)23-15/h1-6,9,15H,7-8,10H2,(H,18,20,21). The molecule has 0 bridgehead atoms. The van der Waals surface area contributed by atoms with Crippen LogP contribution in [0.15, 0.2) is 47.1 Å². The molecule has 118 valence electrons. The van der Waals surface area contributed by atoms with Crippen LogP contribution in [0.5, 0.6) is 0 Å². The largest absolute Gasteiger partial charge is 0.469 e. The van der Waals surface area contributed by atoms with Gasteiger partial charge in [-0.3, -0.25) is 19.7 Å². The monoisotopic (exact) mass is 329 g/mol. The highest BCUT2D eigenvalue weighted by atomic mass is 32.2. The molecule has 0 spiro atoms. The summed E-state index contributed by atoms with van der Waals surface area (Å²) in [5.41, 5.74) is 1.56. The van der Waals surface area contributed by atoms with E-state index in [1.165, 1.54) is 0 Å². The minimum absolute atomic E-state index is 0.0520. The number of Topliss-reactive ketones (excluding diaryl/α,β-unsaturated/α-hetero) is 1. The number of ketones is 1. The molecule has 1 unspecified atom stereocenters. The van der Waals surface area contributed by atoms with Gasteiger partial charge in [-0.1, -0.05) is 36.0 Å². The Morgan fingerprint density at radius 1 is 1.17 bits per heavy atom. The smallest absolute Gasteiger partial charge is 0.286 e. The number of hydrogen-bond donors (Lipinski definition) is 1. The summed E-state index contributed by atoms with van der Waals surface area (Å²) in [6.45, 7) is 0. The second-order valence-electron chi connectivity index (χ2n) is 5.29. The van der Waals surface area contributed by atoms with E-state index in [-0.39, 0.29) is 22.2 Å². The van der Waals surface area contributed by atoms with Crippen LogP contribution in [0.1, 0.15) is 28.1 Å². The fraction of sp³-hybridized carbons (Fsp3) is 0.235. The second kappa shape index (κ2) is 6.83. The van der Waals surface area contributed by atoms with Crippen molar-refractivity contribution in [2.75, 3.05) is 0 Å². The summed E-state index contributed by atoms with van der Waals surface area (Å²) in [5.74, 6) is 0.596. The topological polar surface area (TPSA) is 76.4 Å². The van der Waals surface area contributed by atoms with Crippen molar-refractivity contribution in [2.24, 2.45) is 0 Å². The van der Waals surface area contributed by atoms with Crippen molar-refractivity contribution in [1.29, 1.82) is 0 Å². The molecule has 2 heterocycles.